The largest absolute Gasteiger partial charge is 0.383 e. The van der Waals surface area contributed by atoms with Crippen molar-refractivity contribution in [1.82, 2.24) is 15.1 Å². The summed E-state index contributed by atoms with van der Waals surface area (Å²) >= 11 is 0. The minimum absolute atomic E-state index is 0.0775. The van der Waals surface area contributed by atoms with Crippen LogP contribution in [-0.2, 0) is 14.3 Å². The number of nitrogens with two attached hydrogens (primary N) is 1. The molecule has 3 N–H and O–H groups in total. The topological polar surface area (TPSA) is 87.9 Å². The van der Waals surface area contributed by atoms with E-state index >= 15 is 0 Å². The number of likely N-dealkylation sites (N-methyl/N-ethyl adjacent to an activating group) is 1. The lowest BCUT2D eigenvalue weighted by atomic mass is 10.2. The zero-order chi connectivity index (χ0) is 14.3. The van der Waals surface area contributed by atoms with Crippen molar-refractivity contribution in [2.75, 3.05) is 53.5 Å². The second-order valence-corrected chi connectivity index (χ2v) is 4.79. The summed E-state index contributed by atoms with van der Waals surface area (Å²) in [5, 5.41) is 2.64. The molecule has 0 aromatic carbocycles. The zero-order valence-electron chi connectivity index (χ0n) is 11.7. The molecule has 7 nitrogen and oxygen atoms in total. The Kier molecular flexibility index (Phi) is 6.75. The summed E-state index contributed by atoms with van der Waals surface area (Å²) in [6, 6.07) is -0.677. The fourth-order valence-corrected chi connectivity index (χ4v) is 1.89. The van der Waals surface area contributed by atoms with Crippen LogP contribution in [0.25, 0.3) is 0 Å². The Balaban J connectivity index is 2.18. The van der Waals surface area contributed by atoms with Crippen molar-refractivity contribution in [2.45, 2.75) is 12.5 Å². The van der Waals surface area contributed by atoms with Gasteiger partial charge >= 0.3 is 0 Å². The molecule has 1 aliphatic rings. The van der Waals surface area contributed by atoms with E-state index in [4.69, 9.17) is 10.5 Å². The molecule has 2 amide bonds. The highest BCUT2D eigenvalue weighted by Gasteiger charge is 2.19. The smallest absolute Gasteiger partial charge is 0.239 e. The first-order valence-corrected chi connectivity index (χ1v) is 6.53. The maximum Gasteiger partial charge on any atom is 0.239 e. The quantitative estimate of drug-likeness (QED) is 0.598. The number of nitrogens with one attached hydrogen (secondary N) is 1. The summed E-state index contributed by atoms with van der Waals surface area (Å²) in [6.07, 6.45) is 0.315. The summed E-state index contributed by atoms with van der Waals surface area (Å²) in [5.41, 5.74) is 5.56. The molecular formula is C12H24N4O3. The highest BCUT2D eigenvalue weighted by atomic mass is 16.5. The molecule has 19 heavy (non-hydrogen) atoms. The Labute approximate surface area is 114 Å². The molecule has 0 aliphatic carbocycles. The van der Waals surface area contributed by atoms with E-state index in [2.05, 4.69) is 10.2 Å². The molecule has 1 unspecified atom stereocenters. The van der Waals surface area contributed by atoms with Crippen molar-refractivity contribution >= 4 is 11.8 Å². The number of ether oxygens (including phenoxy) is 1. The molecule has 0 bridgehead atoms. The summed E-state index contributed by atoms with van der Waals surface area (Å²) < 4.78 is 4.79. The van der Waals surface area contributed by atoms with Gasteiger partial charge in [0.15, 0.2) is 0 Å². The Hall–Kier alpha value is -1.18. The lowest BCUT2D eigenvalue weighted by Gasteiger charge is -2.32. The van der Waals surface area contributed by atoms with Crippen LogP contribution in [-0.4, -0.2) is 81.1 Å². The minimum atomic E-state index is -0.677. The number of hydrogen-bond donors (Lipinski definition) is 2. The van der Waals surface area contributed by atoms with Crippen LogP contribution in [0.5, 0.6) is 0 Å². The van der Waals surface area contributed by atoms with Crippen molar-refractivity contribution in [3.8, 4) is 0 Å². The summed E-state index contributed by atoms with van der Waals surface area (Å²) in [5.74, 6) is -0.207. The molecule has 110 valence electrons. The van der Waals surface area contributed by atoms with Crippen molar-refractivity contribution in [3.05, 3.63) is 0 Å². The maximum atomic E-state index is 11.9. The van der Waals surface area contributed by atoms with Crippen molar-refractivity contribution in [2.24, 2.45) is 5.73 Å². The van der Waals surface area contributed by atoms with E-state index in [-0.39, 0.29) is 18.4 Å². The van der Waals surface area contributed by atoms with E-state index in [0.29, 0.717) is 13.0 Å². The Bertz CT molecular complexity index is 303. The predicted molar refractivity (Wildman–Crippen MR) is 71.6 cm³/mol. The Morgan fingerprint density at radius 3 is 2.53 bits per heavy atom. The van der Waals surface area contributed by atoms with Gasteiger partial charge < -0.3 is 25.6 Å². The van der Waals surface area contributed by atoms with E-state index in [9.17, 15) is 9.59 Å². The van der Waals surface area contributed by atoms with Gasteiger partial charge in [0.1, 0.15) is 6.04 Å². The molecule has 1 atom stereocenters. The number of nitrogens with zero attached hydrogens (tertiary/aromatic N) is 2. The Morgan fingerprint density at radius 2 is 1.95 bits per heavy atom. The van der Waals surface area contributed by atoms with Crippen LogP contribution < -0.4 is 11.1 Å². The number of carbonyl (C=O) groups is 2. The van der Waals surface area contributed by atoms with Crippen LogP contribution in [0.1, 0.15) is 6.42 Å². The summed E-state index contributed by atoms with van der Waals surface area (Å²) in [6.45, 7) is 3.81. The van der Waals surface area contributed by atoms with Crippen LogP contribution in [0.2, 0.25) is 0 Å². The number of rotatable bonds is 6. The van der Waals surface area contributed by atoms with Gasteiger partial charge in [-0.05, 0) is 7.05 Å². The van der Waals surface area contributed by atoms with Gasteiger partial charge in [0.25, 0.3) is 0 Å². The minimum Gasteiger partial charge on any atom is -0.383 e. The van der Waals surface area contributed by atoms with Gasteiger partial charge in [-0.15, -0.1) is 0 Å². The monoisotopic (exact) mass is 272 g/mol. The third kappa shape index (κ3) is 5.54. The molecule has 0 aromatic heterocycles. The molecular weight excluding hydrogens is 248 g/mol. The van der Waals surface area contributed by atoms with E-state index in [1.807, 2.05) is 11.9 Å². The lowest BCUT2D eigenvalue weighted by Crippen LogP contribution is -2.48. The second-order valence-electron chi connectivity index (χ2n) is 4.79. The van der Waals surface area contributed by atoms with Crippen LogP contribution in [0, 0.1) is 0 Å². The molecule has 0 spiro atoms. The van der Waals surface area contributed by atoms with E-state index in [1.165, 1.54) is 7.11 Å². The van der Waals surface area contributed by atoms with Crippen molar-refractivity contribution < 1.29 is 14.3 Å². The average Bonchev–Trinajstić information content (AvgIpc) is 2.39. The molecule has 1 saturated heterocycles. The maximum absolute atomic E-state index is 11.9. The van der Waals surface area contributed by atoms with Gasteiger partial charge in [-0.25, -0.2) is 0 Å². The average molecular weight is 272 g/mol. The number of piperazine rings is 1. The molecule has 7 heteroatoms. The number of hydrogen-bond acceptors (Lipinski definition) is 5. The van der Waals surface area contributed by atoms with Gasteiger partial charge in [-0.2, -0.15) is 0 Å². The van der Waals surface area contributed by atoms with Gasteiger partial charge in [0, 0.05) is 46.3 Å². The van der Waals surface area contributed by atoms with Gasteiger partial charge in [0.05, 0.1) is 6.61 Å². The van der Waals surface area contributed by atoms with Crippen LogP contribution in [0.3, 0.4) is 0 Å². The van der Waals surface area contributed by atoms with Gasteiger partial charge in [-0.1, -0.05) is 0 Å². The number of methoxy groups -OCH3 is 1. The second kappa shape index (κ2) is 8.08. The molecule has 1 aliphatic heterocycles. The highest BCUT2D eigenvalue weighted by Crippen LogP contribution is 2.01. The highest BCUT2D eigenvalue weighted by molar-refractivity contribution is 5.82. The summed E-state index contributed by atoms with van der Waals surface area (Å²) in [7, 11) is 3.53. The SMILES string of the molecule is COCC(N)C(=O)NCCC(=O)N1CCN(C)CC1. The molecule has 1 rings (SSSR count). The number of carbonyl (C=O) groups excluding carboxylic acids is 2. The first-order valence-electron chi connectivity index (χ1n) is 6.53. The summed E-state index contributed by atoms with van der Waals surface area (Å²) in [4.78, 5) is 27.4. The molecule has 0 radical (unpaired) electrons. The molecule has 1 heterocycles. The van der Waals surface area contributed by atoms with Crippen LogP contribution in [0.15, 0.2) is 0 Å². The van der Waals surface area contributed by atoms with E-state index in [0.717, 1.165) is 26.2 Å². The third-order valence-corrected chi connectivity index (χ3v) is 3.18. The normalized spacial score (nSPS) is 18.2. The van der Waals surface area contributed by atoms with Crippen molar-refractivity contribution in [1.29, 1.82) is 0 Å². The first-order chi connectivity index (χ1) is 9.04. The Morgan fingerprint density at radius 1 is 1.32 bits per heavy atom. The van der Waals surface area contributed by atoms with E-state index < -0.39 is 6.04 Å². The van der Waals surface area contributed by atoms with Gasteiger partial charge in [-0.3, -0.25) is 9.59 Å². The molecule has 1 fully saturated rings. The van der Waals surface area contributed by atoms with Crippen LogP contribution >= 0.6 is 0 Å². The fraction of sp³-hybridized carbons (Fsp3) is 0.833. The first kappa shape index (κ1) is 15.9. The van der Waals surface area contributed by atoms with Gasteiger partial charge in [0.2, 0.25) is 11.8 Å². The molecule has 0 aromatic rings. The number of amides is 2. The fourth-order valence-electron chi connectivity index (χ4n) is 1.89. The third-order valence-electron chi connectivity index (χ3n) is 3.18. The lowest BCUT2D eigenvalue weighted by molar-refractivity contribution is -0.132. The van der Waals surface area contributed by atoms with Crippen molar-refractivity contribution in [3.63, 3.8) is 0 Å². The zero-order valence-corrected chi connectivity index (χ0v) is 11.7. The molecule has 0 saturated carbocycles. The van der Waals surface area contributed by atoms with E-state index in [1.54, 1.807) is 0 Å². The van der Waals surface area contributed by atoms with Crippen LogP contribution in [0.4, 0.5) is 0 Å². The predicted octanol–water partition coefficient (Wildman–Crippen LogP) is -1.76. The standard InChI is InChI=1S/C12H24N4O3/c1-15-5-7-16(8-6-15)11(17)3-4-14-12(18)10(13)9-19-2/h10H,3-9,13H2,1-2H3,(H,14,18).